The Balaban J connectivity index is 2.99. The molecule has 0 heterocycles. The van der Waals surface area contributed by atoms with Crippen LogP contribution in [0.5, 0.6) is 5.75 Å². The molecule has 0 N–H and O–H groups in total. The maximum absolute atomic E-state index is 13.4. The predicted octanol–water partition coefficient (Wildman–Crippen LogP) is 3.35. The van der Waals surface area contributed by atoms with E-state index in [2.05, 4.69) is 0 Å². The van der Waals surface area contributed by atoms with Crippen LogP contribution in [0.4, 0.5) is 8.78 Å². The first-order valence-electron chi connectivity index (χ1n) is 5.19. The Morgan fingerprint density at radius 3 is 2.62 bits per heavy atom. The summed E-state index contributed by atoms with van der Waals surface area (Å²) >= 11 is 0. The largest absolute Gasteiger partial charge is 0.490 e. The second-order valence-electron chi connectivity index (χ2n) is 3.52. The van der Waals surface area contributed by atoms with Crippen molar-refractivity contribution in [3.63, 3.8) is 0 Å². The molecule has 16 heavy (non-hydrogen) atoms. The molecule has 2 nitrogen and oxygen atoms in total. The molecular weight excluding hydrogens is 214 g/mol. The van der Waals surface area contributed by atoms with Crippen LogP contribution in [0.25, 0.3) is 0 Å². The van der Waals surface area contributed by atoms with Crippen LogP contribution in [0.3, 0.4) is 0 Å². The van der Waals surface area contributed by atoms with Crippen LogP contribution in [0.1, 0.15) is 37.0 Å². The summed E-state index contributed by atoms with van der Waals surface area (Å²) in [5, 5.41) is 0. The molecule has 1 rings (SSSR count). The fourth-order valence-corrected chi connectivity index (χ4v) is 1.29. The Labute approximate surface area is 93.2 Å². The zero-order valence-electron chi connectivity index (χ0n) is 9.35. The second-order valence-corrected chi connectivity index (χ2v) is 3.52. The van der Waals surface area contributed by atoms with E-state index in [4.69, 9.17) is 4.74 Å². The fourth-order valence-electron chi connectivity index (χ4n) is 1.29. The third kappa shape index (κ3) is 3.02. The number of hydrogen-bond acceptors (Lipinski definition) is 2. The molecule has 0 saturated carbocycles. The average Bonchev–Trinajstić information content (AvgIpc) is 2.20. The summed E-state index contributed by atoms with van der Waals surface area (Å²) in [5.74, 6) is -2.17. The van der Waals surface area contributed by atoms with Gasteiger partial charge in [0, 0.05) is 6.07 Å². The third-order valence-corrected chi connectivity index (χ3v) is 2.13. The van der Waals surface area contributed by atoms with Crippen molar-refractivity contribution in [3.8, 4) is 5.75 Å². The molecule has 0 aromatic heterocycles. The van der Waals surface area contributed by atoms with Gasteiger partial charge in [0.15, 0.2) is 17.3 Å². The number of rotatable bonds is 5. The van der Waals surface area contributed by atoms with Crippen molar-refractivity contribution in [2.45, 2.75) is 26.7 Å². The number of carbonyl (C=O) groups is 1. The van der Waals surface area contributed by atoms with Gasteiger partial charge >= 0.3 is 0 Å². The second kappa shape index (κ2) is 5.58. The Hall–Kier alpha value is -1.45. The number of hydrogen-bond donors (Lipinski definition) is 0. The van der Waals surface area contributed by atoms with E-state index in [0.29, 0.717) is 12.7 Å². The van der Waals surface area contributed by atoms with Gasteiger partial charge in [-0.2, -0.15) is 0 Å². The summed E-state index contributed by atoms with van der Waals surface area (Å²) in [5.41, 5.74) is -0.0476. The SMILES string of the molecule is CCCCOc1c(F)cc(F)cc1C(C)=O. The first-order valence-corrected chi connectivity index (χ1v) is 5.19. The van der Waals surface area contributed by atoms with Crippen LogP contribution in [-0.4, -0.2) is 12.4 Å². The number of carbonyl (C=O) groups excluding carboxylic acids is 1. The van der Waals surface area contributed by atoms with Crippen molar-refractivity contribution in [1.29, 1.82) is 0 Å². The van der Waals surface area contributed by atoms with Gasteiger partial charge in [-0.1, -0.05) is 13.3 Å². The van der Waals surface area contributed by atoms with Gasteiger partial charge in [0.25, 0.3) is 0 Å². The van der Waals surface area contributed by atoms with Gasteiger partial charge < -0.3 is 4.74 Å². The molecule has 0 saturated heterocycles. The van der Waals surface area contributed by atoms with Crippen LogP contribution >= 0.6 is 0 Å². The zero-order valence-corrected chi connectivity index (χ0v) is 9.35. The highest BCUT2D eigenvalue weighted by atomic mass is 19.1. The standard InChI is InChI=1S/C12H14F2O2/c1-3-4-5-16-12-10(8(2)15)6-9(13)7-11(12)14/h6-7H,3-5H2,1-2H3. The molecule has 1 aromatic carbocycles. The normalized spacial score (nSPS) is 10.2. The molecule has 88 valence electrons. The van der Waals surface area contributed by atoms with Gasteiger partial charge in [-0.15, -0.1) is 0 Å². The van der Waals surface area contributed by atoms with Crippen molar-refractivity contribution >= 4 is 5.78 Å². The molecule has 0 aliphatic carbocycles. The predicted molar refractivity (Wildman–Crippen MR) is 56.8 cm³/mol. The van der Waals surface area contributed by atoms with Crippen molar-refractivity contribution in [3.05, 3.63) is 29.3 Å². The van der Waals surface area contributed by atoms with E-state index < -0.39 is 17.4 Å². The molecule has 0 aliphatic rings. The van der Waals surface area contributed by atoms with Crippen molar-refractivity contribution < 1.29 is 18.3 Å². The molecule has 4 heteroatoms. The molecule has 0 bridgehead atoms. The summed E-state index contributed by atoms with van der Waals surface area (Å²) in [7, 11) is 0. The van der Waals surface area contributed by atoms with Crippen LogP contribution < -0.4 is 4.74 Å². The monoisotopic (exact) mass is 228 g/mol. The smallest absolute Gasteiger partial charge is 0.168 e. The van der Waals surface area contributed by atoms with E-state index in [0.717, 1.165) is 18.9 Å². The Kier molecular flexibility index (Phi) is 4.40. The molecular formula is C12H14F2O2. The average molecular weight is 228 g/mol. The Morgan fingerprint density at radius 2 is 2.06 bits per heavy atom. The van der Waals surface area contributed by atoms with Gasteiger partial charge in [0.2, 0.25) is 0 Å². The molecule has 0 atom stereocenters. The minimum atomic E-state index is -0.832. The first kappa shape index (κ1) is 12.6. The lowest BCUT2D eigenvalue weighted by Crippen LogP contribution is -2.05. The summed E-state index contributed by atoms with van der Waals surface area (Å²) < 4.78 is 31.5. The minimum absolute atomic E-state index is 0.0476. The molecule has 0 radical (unpaired) electrons. The van der Waals surface area contributed by atoms with E-state index in [1.807, 2.05) is 6.92 Å². The highest BCUT2D eigenvalue weighted by Gasteiger charge is 2.15. The number of benzene rings is 1. The fraction of sp³-hybridized carbons (Fsp3) is 0.417. The van der Waals surface area contributed by atoms with Gasteiger partial charge in [-0.05, 0) is 19.4 Å². The summed E-state index contributed by atoms with van der Waals surface area (Å²) in [6.07, 6.45) is 1.66. The van der Waals surface area contributed by atoms with Gasteiger partial charge in [-0.25, -0.2) is 8.78 Å². The topological polar surface area (TPSA) is 26.3 Å². The van der Waals surface area contributed by atoms with Gasteiger partial charge in [0.1, 0.15) is 5.82 Å². The summed E-state index contributed by atoms with van der Waals surface area (Å²) in [6.45, 7) is 3.54. The summed E-state index contributed by atoms with van der Waals surface area (Å²) in [4.78, 5) is 11.2. The third-order valence-electron chi connectivity index (χ3n) is 2.13. The lowest BCUT2D eigenvalue weighted by molar-refractivity contribution is 0.101. The number of ketones is 1. The first-order chi connectivity index (χ1) is 7.56. The van der Waals surface area contributed by atoms with E-state index in [1.54, 1.807) is 0 Å². The molecule has 0 fully saturated rings. The van der Waals surface area contributed by atoms with E-state index >= 15 is 0 Å². The molecule has 1 aromatic rings. The zero-order chi connectivity index (χ0) is 12.1. The van der Waals surface area contributed by atoms with E-state index in [1.165, 1.54) is 6.92 Å². The van der Waals surface area contributed by atoms with Crippen LogP contribution in [0.2, 0.25) is 0 Å². The van der Waals surface area contributed by atoms with Crippen LogP contribution in [0.15, 0.2) is 12.1 Å². The van der Waals surface area contributed by atoms with Gasteiger partial charge in [-0.3, -0.25) is 4.79 Å². The quantitative estimate of drug-likeness (QED) is 0.570. The van der Waals surface area contributed by atoms with Crippen LogP contribution in [0, 0.1) is 11.6 Å². The number of ether oxygens (including phenoxy) is 1. The molecule has 0 aliphatic heterocycles. The number of halogens is 2. The van der Waals surface area contributed by atoms with E-state index in [9.17, 15) is 13.6 Å². The molecule has 0 spiro atoms. The lowest BCUT2D eigenvalue weighted by Gasteiger charge is -2.10. The maximum atomic E-state index is 13.4. The highest BCUT2D eigenvalue weighted by molar-refractivity contribution is 5.96. The minimum Gasteiger partial charge on any atom is -0.490 e. The lowest BCUT2D eigenvalue weighted by atomic mass is 10.1. The maximum Gasteiger partial charge on any atom is 0.168 e. The Morgan fingerprint density at radius 1 is 1.38 bits per heavy atom. The Bertz CT molecular complexity index is 389. The molecule has 0 unspecified atom stereocenters. The molecule has 0 amide bonds. The highest BCUT2D eigenvalue weighted by Crippen LogP contribution is 2.25. The van der Waals surface area contributed by atoms with Crippen molar-refractivity contribution in [2.24, 2.45) is 0 Å². The van der Waals surface area contributed by atoms with Crippen molar-refractivity contribution in [1.82, 2.24) is 0 Å². The van der Waals surface area contributed by atoms with Crippen LogP contribution in [-0.2, 0) is 0 Å². The number of unbranched alkanes of at least 4 members (excludes halogenated alkanes) is 1. The van der Waals surface area contributed by atoms with Gasteiger partial charge in [0.05, 0.1) is 12.2 Å². The van der Waals surface area contributed by atoms with Crippen molar-refractivity contribution in [2.75, 3.05) is 6.61 Å². The number of Topliss-reactive ketones (excluding diaryl/α,β-unsaturated/α-hetero) is 1. The summed E-state index contributed by atoms with van der Waals surface area (Å²) in [6, 6.07) is 1.71. The van der Waals surface area contributed by atoms with E-state index in [-0.39, 0.29) is 11.3 Å².